The van der Waals surface area contributed by atoms with E-state index in [1.165, 1.54) is 12.0 Å². The van der Waals surface area contributed by atoms with E-state index in [-0.39, 0.29) is 23.6 Å². The molecular formula is C30H28ClNO8. The fourth-order valence-electron chi connectivity index (χ4n) is 4.92. The summed E-state index contributed by atoms with van der Waals surface area (Å²) in [6.45, 7) is 1.58. The Kier molecular flexibility index (Phi) is 9.06. The Morgan fingerprint density at radius 3 is 2.23 bits per heavy atom. The molecule has 1 heterocycles. The summed E-state index contributed by atoms with van der Waals surface area (Å²) in [5.74, 6) is -2.63. The Bertz CT molecular complexity index is 1410. The summed E-state index contributed by atoms with van der Waals surface area (Å²) in [5, 5.41) is 0.274. The highest BCUT2D eigenvalue weighted by molar-refractivity contribution is 6.31. The molecule has 1 fully saturated rings. The van der Waals surface area contributed by atoms with Crippen LogP contribution in [0.1, 0.15) is 35.3 Å². The third-order valence-corrected chi connectivity index (χ3v) is 7.07. The van der Waals surface area contributed by atoms with Crippen LogP contribution in [0.3, 0.4) is 0 Å². The SMILES string of the molecule is CCOC(=O)OC(=O)C1CC(C(=O)OC)N(C(=O)c2ccc(-c3ccccc3OC)cc2)C1c1ccccc1Cl. The quantitative estimate of drug-likeness (QED) is 0.274. The molecule has 3 atom stereocenters. The summed E-state index contributed by atoms with van der Waals surface area (Å²) in [7, 11) is 2.77. The van der Waals surface area contributed by atoms with Crippen molar-refractivity contribution in [2.75, 3.05) is 20.8 Å². The second kappa shape index (κ2) is 12.7. The lowest BCUT2D eigenvalue weighted by Crippen LogP contribution is -2.43. The van der Waals surface area contributed by atoms with Gasteiger partial charge in [0.2, 0.25) is 0 Å². The number of para-hydroxylation sites is 1. The maximum absolute atomic E-state index is 14.0. The molecule has 0 aromatic heterocycles. The van der Waals surface area contributed by atoms with Crippen LogP contribution in [0.4, 0.5) is 4.79 Å². The molecule has 10 heteroatoms. The summed E-state index contributed by atoms with van der Waals surface area (Å²) < 4.78 is 20.1. The highest BCUT2D eigenvalue weighted by Gasteiger charge is 2.52. The molecule has 0 spiro atoms. The van der Waals surface area contributed by atoms with E-state index in [4.69, 9.17) is 30.5 Å². The Labute approximate surface area is 236 Å². The zero-order chi connectivity index (χ0) is 28.8. The third kappa shape index (κ3) is 5.79. The fraction of sp³-hybridized carbons (Fsp3) is 0.267. The first kappa shape index (κ1) is 28.6. The summed E-state index contributed by atoms with van der Waals surface area (Å²) in [6, 6.07) is 18.8. The van der Waals surface area contributed by atoms with Crippen molar-refractivity contribution in [2.45, 2.75) is 25.4 Å². The first-order valence-electron chi connectivity index (χ1n) is 12.6. The van der Waals surface area contributed by atoms with Gasteiger partial charge in [-0.2, -0.15) is 0 Å². The maximum Gasteiger partial charge on any atom is 0.516 e. The summed E-state index contributed by atoms with van der Waals surface area (Å²) >= 11 is 6.51. The number of carbonyl (C=O) groups is 4. The topological polar surface area (TPSA) is 108 Å². The van der Waals surface area contributed by atoms with Crippen molar-refractivity contribution in [2.24, 2.45) is 5.92 Å². The third-order valence-electron chi connectivity index (χ3n) is 6.72. The molecular weight excluding hydrogens is 538 g/mol. The number of esters is 2. The first-order valence-corrected chi connectivity index (χ1v) is 12.9. The molecule has 4 rings (SSSR count). The molecule has 0 bridgehead atoms. The molecule has 1 saturated heterocycles. The molecule has 3 aromatic carbocycles. The molecule has 208 valence electrons. The minimum Gasteiger partial charge on any atom is -0.496 e. The van der Waals surface area contributed by atoms with Gasteiger partial charge in [-0.25, -0.2) is 9.59 Å². The number of amides is 1. The molecule has 40 heavy (non-hydrogen) atoms. The highest BCUT2D eigenvalue weighted by Crippen LogP contribution is 2.45. The van der Waals surface area contributed by atoms with Gasteiger partial charge in [-0.1, -0.05) is 60.1 Å². The predicted molar refractivity (Wildman–Crippen MR) is 146 cm³/mol. The van der Waals surface area contributed by atoms with Gasteiger partial charge >= 0.3 is 18.1 Å². The fourth-order valence-corrected chi connectivity index (χ4v) is 5.17. The molecule has 1 amide bonds. The van der Waals surface area contributed by atoms with E-state index >= 15 is 0 Å². The van der Waals surface area contributed by atoms with E-state index in [9.17, 15) is 19.2 Å². The number of methoxy groups -OCH3 is 2. The van der Waals surface area contributed by atoms with E-state index in [2.05, 4.69) is 0 Å². The van der Waals surface area contributed by atoms with Crippen LogP contribution in [0.15, 0.2) is 72.8 Å². The van der Waals surface area contributed by atoms with Gasteiger partial charge in [-0.15, -0.1) is 0 Å². The van der Waals surface area contributed by atoms with Gasteiger partial charge in [-0.3, -0.25) is 9.59 Å². The van der Waals surface area contributed by atoms with E-state index in [1.54, 1.807) is 62.6 Å². The number of ether oxygens (including phenoxy) is 4. The lowest BCUT2D eigenvalue weighted by atomic mass is 9.93. The number of likely N-dealkylation sites (tertiary alicyclic amines) is 1. The number of hydrogen-bond donors (Lipinski definition) is 0. The molecule has 0 radical (unpaired) electrons. The number of hydrogen-bond acceptors (Lipinski definition) is 8. The predicted octanol–water partition coefficient (Wildman–Crippen LogP) is 5.46. The van der Waals surface area contributed by atoms with Gasteiger partial charge in [0, 0.05) is 16.1 Å². The van der Waals surface area contributed by atoms with Crippen molar-refractivity contribution in [3.8, 4) is 16.9 Å². The number of rotatable bonds is 7. The van der Waals surface area contributed by atoms with Gasteiger partial charge in [0.05, 0.1) is 32.8 Å². The van der Waals surface area contributed by atoms with E-state index in [0.717, 1.165) is 11.1 Å². The van der Waals surface area contributed by atoms with Crippen LogP contribution in [0.25, 0.3) is 11.1 Å². The van der Waals surface area contributed by atoms with Crippen molar-refractivity contribution >= 4 is 35.6 Å². The van der Waals surface area contributed by atoms with Crippen molar-refractivity contribution in [1.82, 2.24) is 4.90 Å². The van der Waals surface area contributed by atoms with Crippen molar-refractivity contribution in [3.05, 3.63) is 88.9 Å². The van der Waals surface area contributed by atoms with Crippen molar-refractivity contribution < 1.29 is 38.1 Å². The minimum atomic E-state index is -1.17. The summed E-state index contributed by atoms with van der Waals surface area (Å²) in [4.78, 5) is 53.4. The van der Waals surface area contributed by atoms with Crippen LogP contribution in [-0.2, 0) is 23.8 Å². The van der Waals surface area contributed by atoms with Crippen molar-refractivity contribution in [1.29, 1.82) is 0 Å². The summed E-state index contributed by atoms with van der Waals surface area (Å²) in [5.41, 5.74) is 2.34. The van der Waals surface area contributed by atoms with Gasteiger partial charge in [-0.05, 0) is 48.7 Å². The summed E-state index contributed by atoms with van der Waals surface area (Å²) in [6.07, 6.45) is -1.32. The number of benzene rings is 3. The largest absolute Gasteiger partial charge is 0.516 e. The van der Waals surface area contributed by atoms with Crippen LogP contribution >= 0.6 is 11.6 Å². The molecule has 0 N–H and O–H groups in total. The minimum absolute atomic E-state index is 0.00493. The monoisotopic (exact) mass is 565 g/mol. The average molecular weight is 566 g/mol. The molecule has 9 nitrogen and oxygen atoms in total. The molecule has 3 aromatic rings. The number of nitrogens with zero attached hydrogens (tertiary/aromatic N) is 1. The second-order valence-corrected chi connectivity index (χ2v) is 9.35. The second-order valence-electron chi connectivity index (χ2n) is 8.94. The zero-order valence-electron chi connectivity index (χ0n) is 22.2. The average Bonchev–Trinajstić information content (AvgIpc) is 3.37. The molecule has 3 unspecified atom stereocenters. The van der Waals surface area contributed by atoms with Crippen LogP contribution in [0.5, 0.6) is 5.75 Å². The standard InChI is InChI=1S/C30H28ClNO8/c1-4-39-30(36)40-28(34)22-17-24(29(35)38-3)32(26(22)21-10-5-7-11-23(21)31)27(33)19-15-13-18(14-16-19)20-9-6-8-12-25(20)37-2/h5-16,22,24,26H,4,17H2,1-3H3. The van der Waals surface area contributed by atoms with Crippen LogP contribution in [0.2, 0.25) is 5.02 Å². The number of halogens is 1. The molecule has 0 saturated carbocycles. The normalized spacial score (nSPS) is 18.1. The molecule has 1 aliphatic rings. The van der Waals surface area contributed by atoms with Gasteiger partial charge in [0.15, 0.2) is 0 Å². The van der Waals surface area contributed by atoms with Crippen LogP contribution < -0.4 is 4.74 Å². The number of carbonyl (C=O) groups excluding carboxylic acids is 4. The van der Waals surface area contributed by atoms with E-state index in [1.807, 2.05) is 24.3 Å². The first-order chi connectivity index (χ1) is 19.3. The lowest BCUT2D eigenvalue weighted by molar-refractivity contribution is -0.145. The highest BCUT2D eigenvalue weighted by atomic mass is 35.5. The maximum atomic E-state index is 14.0. The van der Waals surface area contributed by atoms with Crippen molar-refractivity contribution in [3.63, 3.8) is 0 Å². The Morgan fingerprint density at radius 1 is 0.900 bits per heavy atom. The Balaban J connectivity index is 1.76. The Hall–Kier alpha value is -4.37. The zero-order valence-corrected chi connectivity index (χ0v) is 22.9. The van der Waals surface area contributed by atoms with Crippen LogP contribution in [-0.4, -0.2) is 55.8 Å². The Morgan fingerprint density at radius 2 is 1.57 bits per heavy atom. The van der Waals surface area contributed by atoms with Gasteiger partial charge in [0.25, 0.3) is 5.91 Å². The lowest BCUT2D eigenvalue weighted by Gasteiger charge is -2.31. The molecule has 0 aliphatic carbocycles. The van der Waals surface area contributed by atoms with E-state index < -0.39 is 42.0 Å². The van der Waals surface area contributed by atoms with E-state index in [0.29, 0.717) is 11.3 Å². The van der Waals surface area contributed by atoms with Gasteiger partial charge in [0.1, 0.15) is 11.8 Å². The van der Waals surface area contributed by atoms with Gasteiger partial charge < -0.3 is 23.8 Å². The smallest absolute Gasteiger partial charge is 0.496 e. The molecule has 1 aliphatic heterocycles. The van der Waals surface area contributed by atoms with Crippen LogP contribution in [0, 0.1) is 5.92 Å².